The number of allylic oxidation sites excluding steroid dienone is 1. The van der Waals surface area contributed by atoms with Crippen molar-refractivity contribution in [2.24, 2.45) is 0 Å². The zero-order valence-electron chi connectivity index (χ0n) is 8.11. The maximum Gasteiger partial charge on any atom is 0.246 e. The lowest BCUT2D eigenvalue weighted by Gasteiger charge is -2.00. The molecule has 1 N–H and O–H groups in total. The summed E-state index contributed by atoms with van der Waals surface area (Å²) in [6.07, 6.45) is 1.69. The molecule has 0 atom stereocenters. The Bertz CT molecular complexity index is 415. The van der Waals surface area contributed by atoms with Crippen LogP contribution in [0.15, 0.2) is 28.4 Å². The second kappa shape index (κ2) is 4.93. The van der Waals surface area contributed by atoms with Crippen molar-refractivity contribution in [3.05, 3.63) is 44.0 Å². The normalized spacial score (nSPS) is 11.5. The highest BCUT2D eigenvalue weighted by atomic mass is 79.9. The van der Waals surface area contributed by atoms with Gasteiger partial charge < -0.3 is 5.11 Å². The van der Waals surface area contributed by atoms with Crippen LogP contribution in [-0.4, -0.2) is 10.0 Å². The van der Waals surface area contributed by atoms with Crippen LogP contribution in [0.2, 0.25) is 0 Å². The average molecular weight is 272 g/mol. The fourth-order valence-electron chi connectivity index (χ4n) is 1.10. The van der Waals surface area contributed by atoms with Crippen molar-refractivity contribution in [3.63, 3.8) is 0 Å². The third kappa shape index (κ3) is 3.06. The number of hydrogen-bond acceptors (Lipinski definition) is 3. The summed E-state index contributed by atoms with van der Waals surface area (Å²) in [5, 5.41) is 20.0. The standard InChI is InChI=1S/C10H10BrNO3/c1-2-9(12(14)15)6-7-5-8(11)3-4-10(7)13/h3-6,13H,2H2,1H3/b9-6+. The van der Waals surface area contributed by atoms with E-state index in [0.29, 0.717) is 12.0 Å². The molecule has 0 radical (unpaired) electrons. The first-order valence-electron chi connectivity index (χ1n) is 4.38. The number of hydrogen-bond donors (Lipinski definition) is 1. The van der Waals surface area contributed by atoms with Gasteiger partial charge in [-0.15, -0.1) is 0 Å². The highest BCUT2D eigenvalue weighted by molar-refractivity contribution is 9.10. The number of nitrogens with zero attached hydrogens (tertiary/aromatic N) is 1. The molecule has 0 saturated heterocycles. The summed E-state index contributed by atoms with van der Waals surface area (Å²) in [5.74, 6) is 0.0333. The van der Waals surface area contributed by atoms with Crippen LogP contribution in [0.5, 0.6) is 5.75 Å². The van der Waals surface area contributed by atoms with E-state index in [9.17, 15) is 15.2 Å². The summed E-state index contributed by atoms with van der Waals surface area (Å²) in [7, 11) is 0. The number of benzene rings is 1. The molecule has 0 amide bonds. The number of phenols is 1. The number of nitro groups is 1. The molecule has 0 unspecified atom stereocenters. The molecule has 1 aromatic carbocycles. The third-order valence-corrected chi connectivity index (χ3v) is 2.40. The van der Waals surface area contributed by atoms with Gasteiger partial charge in [-0.2, -0.15) is 0 Å². The molecule has 15 heavy (non-hydrogen) atoms. The molecule has 5 heteroatoms. The average Bonchev–Trinajstić information content (AvgIpc) is 2.18. The molecule has 0 aliphatic rings. The van der Waals surface area contributed by atoms with Gasteiger partial charge in [0.15, 0.2) is 0 Å². The largest absolute Gasteiger partial charge is 0.507 e. The molecule has 4 nitrogen and oxygen atoms in total. The van der Waals surface area contributed by atoms with Crippen LogP contribution in [0.4, 0.5) is 0 Å². The van der Waals surface area contributed by atoms with Gasteiger partial charge in [0, 0.05) is 22.5 Å². The fourth-order valence-corrected chi connectivity index (χ4v) is 1.48. The Labute approximate surface area is 95.5 Å². The Kier molecular flexibility index (Phi) is 3.85. The quantitative estimate of drug-likeness (QED) is 0.678. The molecule has 0 aliphatic carbocycles. The maximum atomic E-state index is 10.6. The lowest BCUT2D eigenvalue weighted by molar-refractivity contribution is -0.425. The van der Waals surface area contributed by atoms with Crippen molar-refractivity contribution in [1.82, 2.24) is 0 Å². The first kappa shape index (κ1) is 11.7. The molecule has 80 valence electrons. The van der Waals surface area contributed by atoms with Crippen LogP contribution in [0, 0.1) is 10.1 Å². The molecule has 0 aliphatic heterocycles. The Morgan fingerprint density at radius 2 is 2.33 bits per heavy atom. The zero-order chi connectivity index (χ0) is 11.4. The number of rotatable bonds is 3. The van der Waals surface area contributed by atoms with Gasteiger partial charge in [0.1, 0.15) is 5.75 Å². The Morgan fingerprint density at radius 1 is 1.67 bits per heavy atom. The minimum absolute atomic E-state index is 0.0333. The molecule has 0 bridgehead atoms. The van der Waals surface area contributed by atoms with Gasteiger partial charge in [-0.3, -0.25) is 10.1 Å². The van der Waals surface area contributed by atoms with Gasteiger partial charge in [0.05, 0.1) is 4.92 Å². The van der Waals surface area contributed by atoms with E-state index < -0.39 is 4.92 Å². The van der Waals surface area contributed by atoms with E-state index in [4.69, 9.17) is 0 Å². The van der Waals surface area contributed by atoms with Gasteiger partial charge in [0.25, 0.3) is 0 Å². The number of aromatic hydroxyl groups is 1. The Hall–Kier alpha value is -1.36. The lowest BCUT2D eigenvalue weighted by atomic mass is 10.1. The minimum atomic E-state index is -0.444. The summed E-state index contributed by atoms with van der Waals surface area (Å²) >= 11 is 3.23. The smallest absolute Gasteiger partial charge is 0.246 e. The predicted octanol–water partition coefficient (Wildman–Crippen LogP) is 3.18. The zero-order valence-corrected chi connectivity index (χ0v) is 9.69. The third-order valence-electron chi connectivity index (χ3n) is 1.91. The second-order valence-electron chi connectivity index (χ2n) is 2.95. The molecule has 0 saturated carbocycles. The van der Waals surface area contributed by atoms with Crippen LogP contribution < -0.4 is 0 Å². The molecule has 1 aromatic rings. The van der Waals surface area contributed by atoms with E-state index in [0.717, 1.165) is 4.47 Å². The second-order valence-corrected chi connectivity index (χ2v) is 3.87. The summed E-state index contributed by atoms with van der Waals surface area (Å²) < 4.78 is 0.769. The van der Waals surface area contributed by atoms with Crippen molar-refractivity contribution >= 4 is 22.0 Å². The topological polar surface area (TPSA) is 63.4 Å². The van der Waals surface area contributed by atoms with Gasteiger partial charge in [-0.05, 0) is 18.2 Å². The number of halogens is 1. The monoisotopic (exact) mass is 271 g/mol. The Morgan fingerprint density at radius 3 is 2.87 bits per heavy atom. The van der Waals surface area contributed by atoms with Crippen LogP contribution in [0.1, 0.15) is 18.9 Å². The van der Waals surface area contributed by atoms with Crippen molar-refractivity contribution in [2.75, 3.05) is 0 Å². The van der Waals surface area contributed by atoms with Crippen molar-refractivity contribution in [1.29, 1.82) is 0 Å². The molecule has 0 spiro atoms. The van der Waals surface area contributed by atoms with Gasteiger partial charge in [-0.25, -0.2) is 0 Å². The summed E-state index contributed by atoms with van der Waals surface area (Å²) in [4.78, 5) is 10.1. The van der Waals surface area contributed by atoms with Crippen molar-refractivity contribution in [2.45, 2.75) is 13.3 Å². The lowest BCUT2D eigenvalue weighted by Crippen LogP contribution is -1.96. The predicted molar refractivity (Wildman–Crippen MR) is 61.1 cm³/mol. The first-order chi connectivity index (χ1) is 7.04. The molecule has 0 heterocycles. The van der Waals surface area contributed by atoms with Crippen LogP contribution in [0.3, 0.4) is 0 Å². The Balaban J connectivity index is 3.16. The van der Waals surface area contributed by atoms with Crippen LogP contribution in [0.25, 0.3) is 6.08 Å². The van der Waals surface area contributed by atoms with E-state index in [1.807, 2.05) is 0 Å². The van der Waals surface area contributed by atoms with Gasteiger partial charge in [0.2, 0.25) is 5.70 Å². The van der Waals surface area contributed by atoms with Gasteiger partial charge in [-0.1, -0.05) is 22.9 Å². The molecule has 0 fully saturated rings. The molecule has 1 rings (SSSR count). The van der Waals surface area contributed by atoms with Gasteiger partial charge >= 0.3 is 0 Å². The van der Waals surface area contributed by atoms with Crippen molar-refractivity contribution in [3.8, 4) is 5.75 Å². The van der Waals surface area contributed by atoms with Crippen molar-refractivity contribution < 1.29 is 10.0 Å². The van der Waals surface area contributed by atoms with E-state index >= 15 is 0 Å². The summed E-state index contributed by atoms with van der Waals surface area (Å²) in [5.41, 5.74) is 0.515. The van der Waals surface area contributed by atoms with E-state index in [-0.39, 0.29) is 11.4 Å². The van der Waals surface area contributed by atoms with E-state index in [2.05, 4.69) is 15.9 Å². The van der Waals surface area contributed by atoms with E-state index in [1.54, 1.807) is 19.1 Å². The summed E-state index contributed by atoms with van der Waals surface area (Å²) in [6, 6.07) is 4.79. The van der Waals surface area contributed by atoms with Crippen LogP contribution in [-0.2, 0) is 0 Å². The van der Waals surface area contributed by atoms with E-state index in [1.165, 1.54) is 12.1 Å². The molecular formula is C10H10BrNO3. The SMILES string of the molecule is CC/C(=C\c1cc(Br)ccc1O)[N+](=O)[O-]. The molecule has 0 aromatic heterocycles. The first-order valence-corrected chi connectivity index (χ1v) is 5.17. The highest BCUT2D eigenvalue weighted by Crippen LogP contribution is 2.24. The fraction of sp³-hybridized carbons (Fsp3) is 0.200. The summed E-state index contributed by atoms with van der Waals surface area (Å²) in [6.45, 7) is 1.70. The van der Waals surface area contributed by atoms with Crippen LogP contribution >= 0.6 is 15.9 Å². The molecular weight excluding hydrogens is 262 g/mol. The minimum Gasteiger partial charge on any atom is -0.507 e. The maximum absolute atomic E-state index is 10.6. The highest BCUT2D eigenvalue weighted by Gasteiger charge is 2.09. The number of phenolic OH excluding ortho intramolecular Hbond substituents is 1.